The minimum absolute atomic E-state index is 0.673. The van der Waals surface area contributed by atoms with Gasteiger partial charge in [0, 0.05) is 0 Å². The smallest absolute Gasteiger partial charge is 0.349 e. The molecule has 7 nitrogen and oxygen atoms in total. The normalized spacial score (nSPS) is 13.8. The van der Waals surface area contributed by atoms with Gasteiger partial charge < -0.3 is 19.3 Å². The first-order valence-electron chi connectivity index (χ1n) is 10.4. The molecule has 0 radical (unpaired) electrons. The van der Waals surface area contributed by atoms with E-state index in [2.05, 4.69) is 5.32 Å². The van der Waals surface area contributed by atoms with Gasteiger partial charge in [0.05, 0.1) is 7.11 Å². The Bertz CT molecular complexity index is 1060. The van der Waals surface area contributed by atoms with Gasteiger partial charge in [-0.05, 0) is 42.7 Å². The van der Waals surface area contributed by atoms with E-state index < -0.39 is 31.0 Å². The van der Waals surface area contributed by atoms with Crippen molar-refractivity contribution in [3.63, 3.8) is 0 Å². The molecule has 8 heteroatoms. The van der Waals surface area contributed by atoms with E-state index in [9.17, 15) is 19.1 Å². The van der Waals surface area contributed by atoms with E-state index in [0.717, 1.165) is 23.6 Å². The van der Waals surface area contributed by atoms with Crippen molar-refractivity contribution in [1.29, 1.82) is 0 Å². The molecule has 3 aromatic rings. The summed E-state index contributed by atoms with van der Waals surface area (Å²) in [5.74, 6) is -1.67. The maximum Gasteiger partial charge on any atom is 0.349 e. The lowest BCUT2D eigenvalue weighted by Gasteiger charge is -2.39. The molecule has 3 N–H and O–H groups in total. The van der Waals surface area contributed by atoms with Crippen LogP contribution in [0.1, 0.15) is 30.5 Å². The molecule has 2 unspecified atom stereocenters. The first kappa shape index (κ1) is 24.8. The van der Waals surface area contributed by atoms with Gasteiger partial charge >= 0.3 is 7.60 Å². The van der Waals surface area contributed by atoms with E-state index in [1.54, 1.807) is 14.0 Å². The third-order valence-electron chi connectivity index (χ3n) is 5.32. The summed E-state index contributed by atoms with van der Waals surface area (Å²) in [6, 6.07) is 26.5. The summed E-state index contributed by atoms with van der Waals surface area (Å²) < 4.78 is 23.8. The highest BCUT2D eigenvalue weighted by Crippen LogP contribution is 2.43. The first-order valence-corrected chi connectivity index (χ1v) is 12.1. The van der Waals surface area contributed by atoms with Crippen molar-refractivity contribution in [2.75, 3.05) is 7.11 Å². The van der Waals surface area contributed by atoms with Crippen LogP contribution in [0.25, 0.3) is 0 Å². The Hall–Kier alpha value is -2.80. The van der Waals surface area contributed by atoms with Crippen molar-refractivity contribution in [3.05, 3.63) is 102 Å². The van der Waals surface area contributed by atoms with E-state index in [1.165, 1.54) is 0 Å². The highest BCUT2D eigenvalue weighted by molar-refractivity contribution is 7.53. The van der Waals surface area contributed by atoms with Crippen molar-refractivity contribution >= 4 is 13.4 Å². The van der Waals surface area contributed by atoms with Crippen LogP contribution in [-0.2, 0) is 19.7 Å². The summed E-state index contributed by atoms with van der Waals surface area (Å²) in [6.07, 6.45) is -0.908. The second-order valence-corrected chi connectivity index (χ2v) is 9.37. The number of ether oxygens (including phenoxy) is 2. The molecule has 0 aromatic heterocycles. The number of carbonyl (C=O) groups excluding carboxylic acids is 1. The molecule has 0 saturated carbocycles. The zero-order valence-corrected chi connectivity index (χ0v) is 19.6. The maximum absolute atomic E-state index is 11.9. The summed E-state index contributed by atoms with van der Waals surface area (Å²) in [5, 5.41) is 2.68. The van der Waals surface area contributed by atoms with Crippen molar-refractivity contribution < 1.29 is 28.6 Å². The highest BCUT2D eigenvalue weighted by Gasteiger charge is 2.41. The molecule has 2 atom stereocenters. The summed E-state index contributed by atoms with van der Waals surface area (Å²) >= 11 is 0. The summed E-state index contributed by atoms with van der Waals surface area (Å²) in [5.41, 5.74) is 1.26. The molecule has 0 saturated heterocycles. The lowest BCUT2D eigenvalue weighted by Crippen LogP contribution is -2.47. The number of benzene rings is 3. The molecule has 0 spiro atoms. The van der Waals surface area contributed by atoms with E-state index in [0.29, 0.717) is 5.75 Å². The Morgan fingerprint density at radius 1 is 0.879 bits per heavy atom. The van der Waals surface area contributed by atoms with Crippen LogP contribution in [0.3, 0.4) is 0 Å². The molecule has 0 bridgehead atoms. The zero-order chi connectivity index (χ0) is 24.1. The fourth-order valence-electron chi connectivity index (χ4n) is 3.85. The van der Waals surface area contributed by atoms with Gasteiger partial charge in [0.2, 0.25) is 0 Å². The standard InChI is InChI=1S/C25H28NO6P/c1-18(27)24(33(28,29)30)26-19(2)32-25(20-10-6-4-7-11-20,21-12-8-5-9-13-21)22-14-16-23(31-3)17-15-22/h4-17,19,24,26H,1-3H3,(H2,28,29,30). The first-order chi connectivity index (χ1) is 15.7. The number of methoxy groups -OCH3 is 1. The van der Waals surface area contributed by atoms with E-state index >= 15 is 0 Å². The Balaban J connectivity index is 2.17. The van der Waals surface area contributed by atoms with Gasteiger partial charge in [0.25, 0.3) is 0 Å². The molecule has 3 aromatic carbocycles. The highest BCUT2D eigenvalue weighted by atomic mass is 31.2. The van der Waals surface area contributed by atoms with Crippen LogP contribution >= 0.6 is 7.60 Å². The van der Waals surface area contributed by atoms with Gasteiger partial charge in [-0.25, -0.2) is 0 Å². The predicted octanol–water partition coefficient (Wildman–Crippen LogP) is 4.03. The molecule has 0 heterocycles. The van der Waals surface area contributed by atoms with Crippen LogP contribution in [0.4, 0.5) is 0 Å². The number of Topliss-reactive ketones (excluding diaryl/α,β-unsaturated/α-hetero) is 1. The Morgan fingerprint density at radius 2 is 1.33 bits per heavy atom. The number of rotatable bonds is 10. The zero-order valence-electron chi connectivity index (χ0n) is 18.7. The fraction of sp³-hybridized carbons (Fsp3) is 0.240. The Morgan fingerprint density at radius 3 is 1.73 bits per heavy atom. The number of hydrogen-bond acceptors (Lipinski definition) is 5. The van der Waals surface area contributed by atoms with E-state index in [1.807, 2.05) is 84.9 Å². The maximum atomic E-state index is 11.9. The molecule has 0 amide bonds. The molecule has 0 aliphatic carbocycles. The average molecular weight is 469 g/mol. The molecule has 174 valence electrons. The van der Waals surface area contributed by atoms with Gasteiger partial charge in [0.15, 0.2) is 11.6 Å². The van der Waals surface area contributed by atoms with Crippen molar-refractivity contribution in [1.82, 2.24) is 5.32 Å². The van der Waals surface area contributed by atoms with Crippen LogP contribution in [0.2, 0.25) is 0 Å². The largest absolute Gasteiger partial charge is 0.497 e. The van der Waals surface area contributed by atoms with Gasteiger partial charge in [-0.15, -0.1) is 0 Å². The van der Waals surface area contributed by atoms with Gasteiger partial charge in [-0.1, -0.05) is 72.8 Å². The van der Waals surface area contributed by atoms with Gasteiger partial charge in [-0.3, -0.25) is 14.7 Å². The van der Waals surface area contributed by atoms with Crippen molar-refractivity contribution in [2.45, 2.75) is 31.5 Å². The second-order valence-electron chi connectivity index (χ2n) is 7.67. The topological polar surface area (TPSA) is 105 Å². The molecule has 0 aliphatic rings. The number of nitrogens with one attached hydrogen (secondary N) is 1. The number of ketones is 1. The van der Waals surface area contributed by atoms with Gasteiger partial charge in [0.1, 0.15) is 17.6 Å². The van der Waals surface area contributed by atoms with Gasteiger partial charge in [-0.2, -0.15) is 0 Å². The van der Waals surface area contributed by atoms with Crippen molar-refractivity contribution in [2.24, 2.45) is 0 Å². The summed E-state index contributed by atoms with van der Waals surface area (Å²) in [6.45, 7) is 2.75. The Labute approximate surface area is 193 Å². The minimum atomic E-state index is -4.74. The minimum Gasteiger partial charge on any atom is -0.497 e. The lowest BCUT2D eigenvalue weighted by atomic mass is 9.80. The monoisotopic (exact) mass is 469 g/mol. The Kier molecular flexibility index (Phi) is 7.84. The average Bonchev–Trinajstić information content (AvgIpc) is 2.81. The fourth-order valence-corrected chi connectivity index (χ4v) is 4.73. The quantitative estimate of drug-likeness (QED) is 0.234. The summed E-state index contributed by atoms with van der Waals surface area (Å²) in [7, 11) is -3.15. The SMILES string of the molecule is COc1ccc(C(OC(C)NC(C(C)=O)P(=O)(O)O)(c2ccccc2)c2ccccc2)cc1. The van der Waals surface area contributed by atoms with E-state index in [4.69, 9.17) is 9.47 Å². The van der Waals surface area contributed by atoms with E-state index in [-0.39, 0.29) is 0 Å². The molecular weight excluding hydrogens is 441 g/mol. The number of carbonyl (C=O) groups is 1. The molecule has 33 heavy (non-hydrogen) atoms. The van der Waals surface area contributed by atoms with Crippen LogP contribution in [0, 0.1) is 0 Å². The molecule has 3 rings (SSSR count). The molecule has 0 fully saturated rings. The third kappa shape index (κ3) is 5.58. The third-order valence-corrected chi connectivity index (χ3v) is 6.51. The number of hydrogen-bond donors (Lipinski definition) is 3. The predicted molar refractivity (Wildman–Crippen MR) is 126 cm³/mol. The van der Waals surface area contributed by atoms with Crippen LogP contribution in [-0.4, -0.2) is 34.7 Å². The molecule has 0 aliphatic heterocycles. The summed E-state index contributed by atoms with van der Waals surface area (Å²) in [4.78, 5) is 31.3. The lowest BCUT2D eigenvalue weighted by molar-refractivity contribution is -0.119. The molecular formula is C25H28NO6P. The van der Waals surface area contributed by atoms with Crippen LogP contribution in [0.5, 0.6) is 5.75 Å². The van der Waals surface area contributed by atoms with Crippen LogP contribution in [0.15, 0.2) is 84.9 Å². The van der Waals surface area contributed by atoms with Crippen LogP contribution < -0.4 is 10.1 Å². The van der Waals surface area contributed by atoms with Crippen molar-refractivity contribution in [3.8, 4) is 5.75 Å². The second kappa shape index (κ2) is 10.4.